The monoisotopic (exact) mass is 365 g/mol. The summed E-state index contributed by atoms with van der Waals surface area (Å²) in [6, 6.07) is 3.51. The van der Waals surface area contributed by atoms with Crippen LogP contribution < -0.4 is 10.1 Å². The van der Waals surface area contributed by atoms with Gasteiger partial charge in [-0.2, -0.15) is 0 Å². The van der Waals surface area contributed by atoms with Crippen molar-refractivity contribution < 1.29 is 4.74 Å². The van der Waals surface area contributed by atoms with Gasteiger partial charge in [-0.1, -0.05) is 39.1 Å². The molecule has 1 heterocycles. The minimum atomic E-state index is 0.466. The topological polar surface area (TPSA) is 36.9 Å². The van der Waals surface area contributed by atoms with E-state index < -0.39 is 0 Å². The van der Waals surface area contributed by atoms with Gasteiger partial charge < -0.3 is 15.0 Å². The lowest BCUT2D eigenvalue weighted by Gasteiger charge is -2.16. The number of likely N-dealkylation sites (N-methyl/N-ethyl adjacent to an activating group) is 1. The van der Waals surface area contributed by atoms with E-state index in [1.54, 1.807) is 12.1 Å². The summed E-state index contributed by atoms with van der Waals surface area (Å²) in [5.74, 6) is 1.41. The highest BCUT2D eigenvalue weighted by atomic mass is 79.9. The van der Waals surface area contributed by atoms with E-state index in [9.17, 15) is 0 Å². The molecule has 19 heavy (non-hydrogen) atoms. The largest absolute Gasteiger partial charge is 0.489 e. The molecular weight excluding hydrogens is 353 g/mol. The molecule has 0 fully saturated rings. The zero-order valence-electron chi connectivity index (χ0n) is 10.4. The van der Waals surface area contributed by atoms with E-state index in [4.69, 9.17) is 27.9 Å². The van der Waals surface area contributed by atoms with Gasteiger partial charge in [0.25, 0.3) is 0 Å². The van der Waals surface area contributed by atoms with Crippen molar-refractivity contribution in [3.63, 3.8) is 0 Å². The van der Waals surface area contributed by atoms with Gasteiger partial charge in [0, 0.05) is 18.1 Å². The second kappa shape index (κ2) is 6.68. The fourth-order valence-corrected chi connectivity index (χ4v) is 3.02. The Bertz CT molecular complexity index is 473. The molecule has 0 atom stereocenters. The van der Waals surface area contributed by atoms with E-state index in [2.05, 4.69) is 31.1 Å². The van der Waals surface area contributed by atoms with Crippen LogP contribution in [0.1, 0.15) is 0 Å². The minimum Gasteiger partial charge on any atom is -0.489 e. The predicted octanol–water partition coefficient (Wildman–Crippen LogP) is 3.03. The highest BCUT2D eigenvalue weighted by Gasteiger charge is 2.12. The number of rotatable bonds is 4. The first-order valence-corrected chi connectivity index (χ1v) is 7.39. The lowest BCUT2D eigenvalue weighted by atomic mass is 10.3. The number of nitrogens with one attached hydrogen (secondary N) is 1. The summed E-state index contributed by atoms with van der Waals surface area (Å²) in [6.45, 7) is 2.90. The molecule has 0 aliphatic carbocycles. The summed E-state index contributed by atoms with van der Waals surface area (Å²) in [6.07, 6.45) is 0. The Labute approximate surface area is 130 Å². The molecule has 0 radical (unpaired) electrons. The van der Waals surface area contributed by atoms with Gasteiger partial charge in [0.05, 0.1) is 23.1 Å². The molecular formula is C12H14BrCl2N3O. The normalized spacial score (nSPS) is 14.5. The van der Waals surface area contributed by atoms with Gasteiger partial charge in [0.15, 0.2) is 11.7 Å². The van der Waals surface area contributed by atoms with Gasteiger partial charge in [0.2, 0.25) is 0 Å². The lowest BCUT2D eigenvalue weighted by Crippen LogP contribution is -2.37. The third kappa shape index (κ3) is 3.91. The molecule has 1 aliphatic rings. The highest BCUT2D eigenvalue weighted by molar-refractivity contribution is 9.10. The van der Waals surface area contributed by atoms with Crippen molar-refractivity contribution in [3.05, 3.63) is 26.7 Å². The minimum absolute atomic E-state index is 0.466. The third-order valence-electron chi connectivity index (χ3n) is 2.65. The van der Waals surface area contributed by atoms with Gasteiger partial charge in [-0.05, 0) is 12.1 Å². The molecule has 0 amide bonds. The van der Waals surface area contributed by atoms with Crippen molar-refractivity contribution in [3.8, 4) is 5.75 Å². The maximum absolute atomic E-state index is 6.07. The van der Waals surface area contributed by atoms with Crippen LogP contribution in [0.25, 0.3) is 0 Å². The zero-order chi connectivity index (χ0) is 13.8. The first-order valence-electron chi connectivity index (χ1n) is 5.84. The average molecular weight is 367 g/mol. The molecule has 4 nitrogen and oxygen atoms in total. The molecule has 1 aromatic carbocycles. The average Bonchev–Trinajstić information content (AvgIpc) is 2.73. The molecule has 7 heteroatoms. The van der Waals surface area contributed by atoms with Crippen molar-refractivity contribution in [2.45, 2.75) is 0 Å². The first kappa shape index (κ1) is 14.8. The van der Waals surface area contributed by atoms with E-state index in [0.717, 1.165) is 23.5 Å². The number of aliphatic imine (C=N–C) groups is 1. The van der Waals surface area contributed by atoms with Gasteiger partial charge >= 0.3 is 0 Å². The number of hydrogen-bond donors (Lipinski definition) is 1. The molecule has 1 N–H and O–H groups in total. The number of halogens is 3. The van der Waals surface area contributed by atoms with Crippen LogP contribution in [0.3, 0.4) is 0 Å². The summed E-state index contributed by atoms with van der Waals surface area (Å²) in [5, 5.41) is 4.20. The van der Waals surface area contributed by atoms with Crippen LogP contribution in [0.15, 0.2) is 21.6 Å². The number of nitrogens with zero attached hydrogens (tertiary/aromatic N) is 2. The lowest BCUT2D eigenvalue weighted by molar-refractivity contribution is 0.321. The van der Waals surface area contributed by atoms with Crippen molar-refractivity contribution >= 4 is 45.1 Å². The zero-order valence-corrected chi connectivity index (χ0v) is 13.5. The van der Waals surface area contributed by atoms with Gasteiger partial charge in [-0.3, -0.25) is 4.99 Å². The maximum atomic E-state index is 6.07. The summed E-state index contributed by atoms with van der Waals surface area (Å²) in [4.78, 5) is 6.39. The van der Waals surface area contributed by atoms with Crippen LogP contribution in [0.2, 0.25) is 10.0 Å². The Balaban J connectivity index is 1.83. The maximum Gasteiger partial charge on any atom is 0.193 e. The van der Waals surface area contributed by atoms with Crippen LogP contribution in [0.5, 0.6) is 5.75 Å². The summed E-state index contributed by atoms with van der Waals surface area (Å²) < 4.78 is 6.43. The van der Waals surface area contributed by atoms with Crippen molar-refractivity contribution in [2.24, 2.45) is 4.99 Å². The quantitative estimate of drug-likeness (QED) is 0.832. The van der Waals surface area contributed by atoms with E-state index in [-0.39, 0.29) is 0 Å². The van der Waals surface area contributed by atoms with Gasteiger partial charge in [0.1, 0.15) is 6.61 Å². The SMILES string of the molecule is CN1CCN=C1NCCOc1c(Cl)cc(Br)cc1Cl. The molecule has 2 rings (SSSR count). The smallest absolute Gasteiger partial charge is 0.193 e. The molecule has 1 aliphatic heterocycles. The molecule has 0 saturated heterocycles. The second-order valence-electron chi connectivity index (χ2n) is 4.10. The Kier molecular flexibility index (Phi) is 5.19. The Hall–Kier alpha value is -0.650. The van der Waals surface area contributed by atoms with Crippen LogP contribution in [0.4, 0.5) is 0 Å². The van der Waals surface area contributed by atoms with E-state index in [1.165, 1.54) is 0 Å². The van der Waals surface area contributed by atoms with Gasteiger partial charge in [-0.25, -0.2) is 0 Å². The van der Waals surface area contributed by atoms with Crippen LogP contribution in [0, 0.1) is 0 Å². The van der Waals surface area contributed by atoms with Gasteiger partial charge in [-0.15, -0.1) is 0 Å². The Morgan fingerprint density at radius 3 is 2.68 bits per heavy atom. The summed E-state index contributed by atoms with van der Waals surface area (Å²) >= 11 is 15.5. The summed E-state index contributed by atoms with van der Waals surface area (Å²) in [7, 11) is 2.00. The number of hydrogen-bond acceptors (Lipinski definition) is 4. The molecule has 0 bridgehead atoms. The fourth-order valence-electron chi connectivity index (χ4n) is 1.71. The number of guanidine groups is 1. The molecule has 1 aromatic rings. The van der Waals surface area contributed by atoms with Crippen LogP contribution in [-0.2, 0) is 0 Å². The number of ether oxygens (including phenoxy) is 1. The Morgan fingerprint density at radius 2 is 2.11 bits per heavy atom. The van der Waals surface area contributed by atoms with Crippen molar-refractivity contribution in [1.82, 2.24) is 10.2 Å². The van der Waals surface area contributed by atoms with E-state index in [0.29, 0.717) is 28.9 Å². The molecule has 0 spiro atoms. The highest BCUT2D eigenvalue weighted by Crippen LogP contribution is 2.35. The summed E-state index contributed by atoms with van der Waals surface area (Å²) in [5.41, 5.74) is 0. The predicted molar refractivity (Wildman–Crippen MR) is 82.6 cm³/mol. The van der Waals surface area contributed by atoms with Crippen LogP contribution >= 0.6 is 39.1 Å². The Morgan fingerprint density at radius 1 is 1.42 bits per heavy atom. The molecule has 0 saturated carbocycles. The van der Waals surface area contributed by atoms with E-state index >= 15 is 0 Å². The molecule has 0 unspecified atom stereocenters. The first-order chi connectivity index (χ1) is 9.08. The van der Waals surface area contributed by atoms with Crippen LogP contribution in [-0.4, -0.2) is 44.1 Å². The van der Waals surface area contributed by atoms with Crippen molar-refractivity contribution in [2.75, 3.05) is 33.3 Å². The van der Waals surface area contributed by atoms with E-state index in [1.807, 2.05) is 7.05 Å². The molecule has 0 aromatic heterocycles. The van der Waals surface area contributed by atoms with Crippen molar-refractivity contribution in [1.29, 1.82) is 0 Å². The third-order valence-corrected chi connectivity index (χ3v) is 3.67. The fraction of sp³-hybridized carbons (Fsp3) is 0.417. The number of benzene rings is 1. The second-order valence-corrected chi connectivity index (χ2v) is 5.83. The standard InChI is InChI=1S/C12H14BrCl2N3O/c1-18-4-2-16-12(18)17-3-5-19-11-9(14)6-8(13)7-10(11)15/h6-7H,2-5H2,1H3,(H,16,17). The molecule has 104 valence electrons.